The summed E-state index contributed by atoms with van der Waals surface area (Å²) in [6.45, 7) is 2.27. The molecule has 2 aliphatic rings. The van der Waals surface area contributed by atoms with Crippen LogP contribution < -0.4 is 16.2 Å². The van der Waals surface area contributed by atoms with Gasteiger partial charge < -0.3 is 10.6 Å². The van der Waals surface area contributed by atoms with Crippen molar-refractivity contribution in [3.63, 3.8) is 0 Å². The van der Waals surface area contributed by atoms with Gasteiger partial charge in [0.1, 0.15) is 5.56 Å². The van der Waals surface area contributed by atoms with Gasteiger partial charge in [0.25, 0.3) is 11.5 Å². The van der Waals surface area contributed by atoms with Crippen LogP contribution in [-0.2, 0) is 32.4 Å². The van der Waals surface area contributed by atoms with Crippen LogP contribution in [-0.4, -0.2) is 22.6 Å². The van der Waals surface area contributed by atoms with E-state index in [-0.39, 0.29) is 11.5 Å². The van der Waals surface area contributed by atoms with Crippen molar-refractivity contribution in [3.8, 4) is 0 Å². The molecule has 0 atom stereocenters. The number of amides is 1. The van der Waals surface area contributed by atoms with Crippen molar-refractivity contribution in [2.45, 2.75) is 45.2 Å². The van der Waals surface area contributed by atoms with Crippen LogP contribution in [0.15, 0.2) is 23.0 Å². The molecule has 2 aromatic rings. The molecule has 0 fully saturated rings. The number of rotatable bonds is 3. The van der Waals surface area contributed by atoms with Gasteiger partial charge >= 0.3 is 0 Å². The first-order valence-corrected chi connectivity index (χ1v) is 8.93. The zero-order valence-corrected chi connectivity index (χ0v) is 14.2. The highest BCUT2D eigenvalue weighted by Crippen LogP contribution is 2.21. The van der Waals surface area contributed by atoms with Gasteiger partial charge in [0.05, 0.1) is 5.69 Å². The molecule has 6 nitrogen and oxygen atoms in total. The van der Waals surface area contributed by atoms with Crippen molar-refractivity contribution >= 4 is 5.91 Å². The van der Waals surface area contributed by atoms with E-state index >= 15 is 0 Å². The Labute approximate surface area is 146 Å². The highest BCUT2D eigenvalue weighted by Gasteiger charge is 2.23. The molecule has 1 amide bonds. The minimum atomic E-state index is -0.391. The van der Waals surface area contributed by atoms with E-state index in [1.807, 2.05) is 6.07 Å². The fourth-order valence-electron chi connectivity index (χ4n) is 3.87. The Morgan fingerprint density at radius 2 is 2.04 bits per heavy atom. The van der Waals surface area contributed by atoms with E-state index in [0.29, 0.717) is 6.54 Å². The Bertz CT molecular complexity index is 872. The minimum Gasteiger partial charge on any atom is -0.348 e. The van der Waals surface area contributed by atoms with Crippen LogP contribution in [0.5, 0.6) is 0 Å². The van der Waals surface area contributed by atoms with Gasteiger partial charge in [-0.3, -0.25) is 9.59 Å². The lowest BCUT2D eigenvalue weighted by Crippen LogP contribution is -2.34. The number of H-pyrrole nitrogens is 1. The number of aromatic amines is 1. The molecular weight excluding hydrogens is 316 g/mol. The average molecular weight is 338 g/mol. The van der Waals surface area contributed by atoms with Gasteiger partial charge in [0.15, 0.2) is 0 Å². The molecule has 0 bridgehead atoms. The number of nitrogens with zero attached hydrogens (tertiary/aromatic N) is 1. The predicted octanol–water partition coefficient (Wildman–Crippen LogP) is 1.22. The fraction of sp³-hybridized carbons (Fsp3) is 0.421. The molecule has 6 heteroatoms. The third kappa shape index (κ3) is 3.09. The summed E-state index contributed by atoms with van der Waals surface area (Å²) < 4.78 is 0. The maximum atomic E-state index is 12.7. The van der Waals surface area contributed by atoms with Crippen LogP contribution in [0.4, 0.5) is 0 Å². The lowest BCUT2D eigenvalue weighted by molar-refractivity contribution is 0.0947. The molecule has 130 valence electrons. The summed E-state index contributed by atoms with van der Waals surface area (Å²) in [7, 11) is 0. The van der Waals surface area contributed by atoms with Gasteiger partial charge in [-0.1, -0.05) is 18.2 Å². The van der Waals surface area contributed by atoms with E-state index in [0.717, 1.165) is 62.0 Å². The van der Waals surface area contributed by atoms with Gasteiger partial charge in [0.2, 0.25) is 0 Å². The monoisotopic (exact) mass is 338 g/mol. The molecule has 3 N–H and O–H groups in total. The second kappa shape index (κ2) is 6.80. The van der Waals surface area contributed by atoms with Crippen LogP contribution in [0, 0.1) is 0 Å². The zero-order valence-electron chi connectivity index (χ0n) is 14.2. The molecule has 1 aliphatic heterocycles. The summed E-state index contributed by atoms with van der Waals surface area (Å²) in [5.74, 6) is -0.298. The number of hydrogen-bond donors (Lipinski definition) is 3. The van der Waals surface area contributed by atoms with Gasteiger partial charge in [-0.2, -0.15) is 5.10 Å². The first-order valence-electron chi connectivity index (χ1n) is 8.93. The predicted molar refractivity (Wildman–Crippen MR) is 94.5 cm³/mol. The number of fused-ring (bicyclic) bond motifs is 2. The molecule has 0 spiro atoms. The topological polar surface area (TPSA) is 86.9 Å². The molecule has 4 rings (SSSR count). The minimum absolute atomic E-state index is 0.246. The number of carbonyl (C=O) groups excluding carboxylic acids is 1. The van der Waals surface area contributed by atoms with E-state index in [9.17, 15) is 9.59 Å². The van der Waals surface area contributed by atoms with Crippen molar-refractivity contribution in [1.82, 2.24) is 20.8 Å². The zero-order chi connectivity index (χ0) is 17.2. The Morgan fingerprint density at radius 1 is 1.16 bits per heavy atom. The highest BCUT2D eigenvalue weighted by atomic mass is 16.2. The first-order chi connectivity index (χ1) is 12.2. The lowest BCUT2D eigenvalue weighted by atomic mass is 9.92. The van der Waals surface area contributed by atoms with Crippen molar-refractivity contribution in [2.24, 2.45) is 0 Å². The summed E-state index contributed by atoms with van der Waals surface area (Å²) in [5, 5.41) is 12.9. The van der Waals surface area contributed by atoms with E-state index in [1.54, 1.807) is 0 Å². The molecule has 1 aromatic carbocycles. The molecule has 2 heterocycles. The van der Waals surface area contributed by atoms with Crippen LogP contribution in [0.2, 0.25) is 0 Å². The molecule has 0 saturated carbocycles. The molecular formula is C19H22N4O2. The molecule has 1 aromatic heterocycles. The van der Waals surface area contributed by atoms with Gasteiger partial charge in [0, 0.05) is 13.1 Å². The fourth-order valence-corrected chi connectivity index (χ4v) is 3.87. The summed E-state index contributed by atoms with van der Waals surface area (Å²) in [5.41, 5.74) is 5.27. The SMILES string of the molecule is O=C(NCc1cccc2c1CCNC2)c1c2c(n[nH]c1=O)CCCC2. The number of carbonyl (C=O) groups is 1. The summed E-state index contributed by atoms with van der Waals surface area (Å²) in [6, 6.07) is 6.20. The average Bonchev–Trinajstić information content (AvgIpc) is 2.66. The van der Waals surface area contributed by atoms with E-state index in [4.69, 9.17) is 0 Å². The van der Waals surface area contributed by atoms with Gasteiger partial charge in [-0.15, -0.1) is 0 Å². The summed E-state index contributed by atoms with van der Waals surface area (Å²) in [4.78, 5) is 24.9. The smallest absolute Gasteiger partial charge is 0.277 e. The third-order valence-corrected chi connectivity index (χ3v) is 5.16. The van der Waals surface area contributed by atoms with Crippen molar-refractivity contribution in [1.29, 1.82) is 0 Å². The second-order valence-corrected chi connectivity index (χ2v) is 6.72. The van der Waals surface area contributed by atoms with Crippen LogP contribution >= 0.6 is 0 Å². The Kier molecular flexibility index (Phi) is 4.36. The molecule has 1 aliphatic carbocycles. The quantitative estimate of drug-likeness (QED) is 0.785. The van der Waals surface area contributed by atoms with Crippen molar-refractivity contribution < 1.29 is 4.79 Å². The third-order valence-electron chi connectivity index (χ3n) is 5.16. The summed E-state index contributed by atoms with van der Waals surface area (Å²) >= 11 is 0. The standard InChI is InChI=1S/C19H22N4O2/c24-18(17-15-6-1-2-7-16(15)22-23-19(17)25)21-11-13-5-3-4-12-10-20-9-8-14(12)13/h3-5,20H,1-2,6-11H2,(H,21,24)(H,23,25). The molecule has 25 heavy (non-hydrogen) atoms. The van der Waals surface area contributed by atoms with E-state index < -0.39 is 5.56 Å². The maximum absolute atomic E-state index is 12.7. The van der Waals surface area contributed by atoms with Crippen molar-refractivity contribution in [2.75, 3.05) is 6.54 Å². The number of aromatic nitrogens is 2. The molecule has 0 radical (unpaired) electrons. The first kappa shape index (κ1) is 16.0. The normalized spacial score (nSPS) is 16.0. The van der Waals surface area contributed by atoms with Gasteiger partial charge in [-0.25, -0.2) is 5.10 Å². The number of hydrogen-bond acceptors (Lipinski definition) is 4. The van der Waals surface area contributed by atoms with E-state index in [1.165, 1.54) is 11.1 Å². The number of aryl methyl sites for hydroxylation is 1. The Morgan fingerprint density at radius 3 is 2.96 bits per heavy atom. The van der Waals surface area contributed by atoms with Crippen molar-refractivity contribution in [3.05, 3.63) is 62.1 Å². The van der Waals surface area contributed by atoms with Crippen LogP contribution in [0.1, 0.15) is 51.1 Å². The Balaban J connectivity index is 1.57. The lowest BCUT2D eigenvalue weighted by Gasteiger charge is -2.21. The second-order valence-electron chi connectivity index (χ2n) is 6.72. The number of nitrogens with one attached hydrogen (secondary N) is 3. The molecule has 0 saturated heterocycles. The Hall–Kier alpha value is -2.47. The largest absolute Gasteiger partial charge is 0.348 e. The van der Waals surface area contributed by atoms with E-state index in [2.05, 4.69) is 33.0 Å². The highest BCUT2D eigenvalue weighted by molar-refractivity contribution is 5.95. The van der Waals surface area contributed by atoms with Crippen LogP contribution in [0.25, 0.3) is 0 Å². The number of benzene rings is 1. The van der Waals surface area contributed by atoms with Crippen LogP contribution in [0.3, 0.4) is 0 Å². The molecule has 0 unspecified atom stereocenters. The maximum Gasteiger partial charge on any atom is 0.277 e. The summed E-state index contributed by atoms with van der Waals surface area (Å²) in [6.07, 6.45) is 4.59. The van der Waals surface area contributed by atoms with Gasteiger partial charge in [-0.05, 0) is 60.9 Å².